The Labute approximate surface area is 194 Å². The van der Waals surface area contributed by atoms with Gasteiger partial charge in [0.1, 0.15) is 0 Å². The van der Waals surface area contributed by atoms with Gasteiger partial charge < -0.3 is 5.32 Å². The predicted octanol–water partition coefficient (Wildman–Crippen LogP) is 4.24. The number of amides is 1. The Morgan fingerprint density at radius 1 is 1.16 bits per heavy atom. The third-order valence-corrected chi connectivity index (χ3v) is 8.64. The van der Waals surface area contributed by atoms with Crippen LogP contribution in [0.3, 0.4) is 0 Å². The lowest BCUT2D eigenvalue weighted by molar-refractivity contribution is -0.125. The third-order valence-electron chi connectivity index (χ3n) is 5.41. The quantitative estimate of drug-likeness (QED) is 0.545. The molecule has 2 aromatic rings. The van der Waals surface area contributed by atoms with Crippen molar-refractivity contribution in [3.63, 3.8) is 0 Å². The molecule has 3 rings (SSSR count). The summed E-state index contributed by atoms with van der Waals surface area (Å²) in [6.07, 6.45) is 1.09. The minimum atomic E-state index is -3.45. The first-order valence-electron chi connectivity index (χ1n) is 10.5. The number of carbonyl (C=O) groups excluding carboxylic acids is 1. The van der Waals surface area contributed by atoms with Crippen LogP contribution in [-0.4, -0.2) is 44.0 Å². The molecule has 168 valence electrons. The Bertz CT molecular complexity index is 990. The molecule has 5 nitrogen and oxygen atoms in total. The normalized spacial score (nSPS) is 15.7. The van der Waals surface area contributed by atoms with Crippen molar-refractivity contribution in [3.05, 3.63) is 70.2 Å². The van der Waals surface area contributed by atoms with Crippen LogP contribution in [0.25, 0.3) is 0 Å². The zero-order chi connectivity index (χ0) is 22.3. The summed E-state index contributed by atoms with van der Waals surface area (Å²) in [5.41, 5.74) is 3.15. The summed E-state index contributed by atoms with van der Waals surface area (Å²) in [6.45, 7) is 3.45. The minimum Gasteiger partial charge on any atom is -0.355 e. The predicted molar refractivity (Wildman–Crippen MR) is 129 cm³/mol. The summed E-state index contributed by atoms with van der Waals surface area (Å²) in [5, 5.41) is 3.46. The maximum atomic E-state index is 12.7. The van der Waals surface area contributed by atoms with Crippen LogP contribution >= 0.6 is 23.4 Å². The number of rotatable bonds is 9. The number of sulfonamides is 1. The molecule has 8 heteroatoms. The van der Waals surface area contributed by atoms with E-state index in [4.69, 9.17) is 11.6 Å². The van der Waals surface area contributed by atoms with Gasteiger partial charge in [-0.25, -0.2) is 12.7 Å². The van der Waals surface area contributed by atoms with Crippen molar-refractivity contribution in [2.75, 3.05) is 25.4 Å². The molecule has 1 aliphatic rings. The Balaban J connectivity index is 1.37. The maximum absolute atomic E-state index is 12.7. The minimum absolute atomic E-state index is 0.0271. The average Bonchev–Trinajstić information content (AvgIpc) is 2.75. The highest BCUT2D eigenvalue weighted by Gasteiger charge is 2.31. The van der Waals surface area contributed by atoms with Crippen molar-refractivity contribution >= 4 is 39.3 Å². The molecule has 0 bridgehead atoms. The Morgan fingerprint density at radius 3 is 2.61 bits per heavy atom. The second-order valence-electron chi connectivity index (χ2n) is 7.85. The first kappa shape index (κ1) is 24.1. The highest BCUT2D eigenvalue weighted by Crippen LogP contribution is 2.24. The standard InChI is InChI=1S/C23H29ClN2O3S2/c1-18-5-4-6-19(15-18)16-30-14-11-25-23(27)20-9-12-26(13-10-20)31(28,29)17-21-7-2-3-8-22(21)24/h2-8,15,20H,9-14,16-17H2,1H3,(H,25,27). The van der Waals surface area contributed by atoms with Gasteiger partial charge in [-0.3, -0.25) is 4.79 Å². The molecule has 1 saturated heterocycles. The van der Waals surface area contributed by atoms with Crippen LogP contribution < -0.4 is 5.32 Å². The molecule has 1 N–H and O–H groups in total. The fraction of sp³-hybridized carbons (Fsp3) is 0.435. The molecule has 0 radical (unpaired) electrons. The zero-order valence-electron chi connectivity index (χ0n) is 17.7. The first-order valence-corrected chi connectivity index (χ1v) is 13.6. The number of halogens is 1. The average molecular weight is 481 g/mol. The van der Waals surface area contributed by atoms with Crippen molar-refractivity contribution in [2.45, 2.75) is 31.3 Å². The summed E-state index contributed by atoms with van der Waals surface area (Å²) >= 11 is 7.91. The molecule has 0 saturated carbocycles. The largest absolute Gasteiger partial charge is 0.355 e. The molecule has 0 atom stereocenters. The summed E-state index contributed by atoms with van der Waals surface area (Å²) in [5.74, 6) is 1.57. The van der Waals surface area contributed by atoms with E-state index < -0.39 is 10.0 Å². The number of thioether (sulfide) groups is 1. The van der Waals surface area contributed by atoms with Crippen LogP contribution in [0.5, 0.6) is 0 Å². The number of nitrogens with zero attached hydrogens (tertiary/aromatic N) is 1. The number of hydrogen-bond donors (Lipinski definition) is 1. The molecule has 0 aliphatic carbocycles. The van der Waals surface area contributed by atoms with Crippen molar-refractivity contribution in [2.24, 2.45) is 5.92 Å². The highest BCUT2D eigenvalue weighted by atomic mass is 35.5. The van der Waals surface area contributed by atoms with Gasteiger partial charge in [-0.15, -0.1) is 0 Å². The molecule has 1 fully saturated rings. The van der Waals surface area contributed by atoms with E-state index in [0.29, 0.717) is 43.1 Å². The van der Waals surface area contributed by atoms with Crippen molar-refractivity contribution in [1.82, 2.24) is 9.62 Å². The molecule has 0 aromatic heterocycles. The molecule has 2 aromatic carbocycles. The summed E-state index contributed by atoms with van der Waals surface area (Å²) in [6, 6.07) is 15.4. The van der Waals surface area contributed by atoms with Crippen LogP contribution in [0, 0.1) is 12.8 Å². The fourth-order valence-electron chi connectivity index (χ4n) is 3.68. The third kappa shape index (κ3) is 7.24. The Kier molecular flexibility index (Phi) is 8.84. The van der Waals surface area contributed by atoms with Crippen molar-refractivity contribution in [1.29, 1.82) is 0 Å². The maximum Gasteiger partial charge on any atom is 0.223 e. The van der Waals surface area contributed by atoms with Gasteiger partial charge in [-0.1, -0.05) is 59.6 Å². The Hall–Kier alpha value is -1.54. The van der Waals surface area contributed by atoms with E-state index in [2.05, 4.69) is 36.5 Å². The van der Waals surface area contributed by atoms with Crippen LogP contribution in [-0.2, 0) is 26.3 Å². The zero-order valence-corrected chi connectivity index (χ0v) is 20.1. The Morgan fingerprint density at radius 2 is 1.90 bits per heavy atom. The molecule has 1 amide bonds. The second kappa shape index (κ2) is 11.4. The second-order valence-corrected chi connectivity index (χ2v) is 11.3. The van der Waals surface area contributed by atoms with Gasteiger partial charge in [0.2, 0.25) is 15.9 Å². The number of piperidine rings is 1. The lowest BCUT2D eigenvalue weighted by atomic mass is 9.97. The molecule has 0 spiro atoms. The lowest BCUT2D eigenvalue weighted by Crippen LogP contribution is -2.43. The molecular weight excluding hydrogens is 452 g/mol. The topological polar surface area (TPSA) is 66.5 Å². The van der Waals surface area contributed by atoms with E-state index in [1.165, 1.54) is 15.4 Å². The SMILES string of the molecule is Cc1cccc(CSCCNC(=O)C2CCN(S(=O)(=O)Cc3ccccc3Cl)CC2)c1. The van der Waals surface area contributed by atoms with Crippen molar-refractivity contribution in [3.8, 4) is 0 Å². The van der Waals surface area contributed by atoms with Crippen LogP contribution in [0.4, 0.5) is 0 Å². The van der Waals surface area contributed by atoms with Gasteiger partial charge >= 0.3 is 0 Å². The van der Waals surface area contributed by atoms with Crippen LogP contribution in [0.2, 0.25) is 5.02 Å². The van der Waals surface area contributed by atoms with E-state index in [1.807, 2.05) is 0 Å². The summed E-state index contributed by atoms with van der Waals surface area (Å²) in [4.78, 5) is 12.5. The summed E-state index contributed by atoms with van der Waals surface area (Å²) in [7, 11) is -3.45. The van der Waals surface area contributed by atoms with E-state index in [0.717, 1.165) is 11.5 Å². The smallest absolute Gasteiger partial charge is 0.223 e. The fourth-order valence-corrected chi connectivity index (χ4v) is 6.36. The number of hydrogen-bond acceptors (Lipinski definition) is 4. The molecule has 1 heterocycles. The monoisotopic (exact) mass is 480 g/mol. The van der Waals surface area contributed by atoms with Gasteiger partial charge in [0.25, 0.3) is 0 Å². The molecule has 31 heavy (non-hydrogen) atoms. The first-order chi connectivity index (χ1) is 14.8. The van der Waals surface area contributed by atoms with E-state index in [1.54, 1.807) is 36.0 Å². The van der Waals surface area contributed by atoms with E-state index in [-0.39, 0.29) is 17.6 Å². The number of nitrogens with one attached hydrogen (secondary N) is 1. The highest BCUT2D eigenvalue weighted by molar-refractivity contribution is 7.98. The van der Waals surface area contributed by atoms with Gasteiger partial charge in [0, 0.05) is 42.1 Å². The van der Waals surface area contributed by atoms with E-state index in [9.17, 15) is 13.2 Å². The number of carbonyl (C=O) groups is 1. The molecule has 1 aliphatic heterocycles. The van der Waals surface area contributed by atoms with Gasteiger partial charge in [0.05, 0.1) is 5.75 Å². The van der Waals surface area contributed by atoms with Crippen LogP contribution in [0.1, 0.15) is 29.5 Å². The van der Waals surface area contributed by atoms with Gasteiger partial charge in [-0.2, -0.15) is 11.8 Å². The molecule has 0 unspecified atom stereocenters. The number of benzene rings is 2. The number of aryl methyl sites for hydroxylation is 1. The molecular formula is C23H29ClN2O3S2. The van der Waals surface area contributed by atoms with Gasteiger partial charge in [-0.05, 0) is 37.0 Å². The summed E-state index contributed by atoms with van der Waals surface area (Å²) < 4.78 is 26.9. The van der Waals surface area contributed by atoms with Crippen LogP contribution in [0.15, 0.2) is 48.5 Å². The van der Waals surface area contributed by atoms with Gasteiger partial charge in [0.15, 0.2) is 0 Å². The lowest BCUT2D eigenvalue weighted by Gasteiger charge is -2.30. The van der Waals surface area contributed by atoms with Crippen molar-refractivity contribution < 1.29 is 13.2 Å². The van der Waals surface area contributed by atoms with E-state index >= 15 is 0 Å².